The first-order valence-electron chi connectivity index (χ1n) is 4.93. The number of carboxylic acid groups (broad SMARTS) is 1. The van der Waals surface area contributed by atoms with Crippen LogP contribution >= 0.6 is 27.7 Å². The van der Waals surface area contributed by atoms with E-state index in [4.69, 9.17) is 5.11 Å². The van der Waals surface area contributed by atoms with Crippen LogP contribution in [0.1, 0.15) is 16.2 Å². The Labute approximate surface area is 116 Å². The highest BCUT2D eigenvalue weighted by atomic mass is 79.9. The lowest BCUT2D eigenvalue weighted by atomic mass is 10.3. The molecule has 5 nitrogen and oxygen atoms in total. The minimum absolute atomic E-state index is 0.0166. The predicted octanol–water partition coefficient (Wildman–Crippen LogP) is 2.79. The third-order valence-corrected chi connectivity index (χ3v) is 3.75. The van der Waals surface area contributed by atoms with Crippen molar-refractivity contribution in [1.82, 2.24) is 15.0 Å². The number of pyridine rings is 1. The summed E-state index contributed by atoms with van der Waals surface area (Å²) in [5, 5.41) is 9.99. The molecule has 2 aromatic heterocycles. The molecule has 0 saturated carbocycles. The fourth-order valence-corrected chi connectivity index (χ4v) is 2.51. The van der Waals surface area contributed by atoms with Crippen molar-refractivity contribution in [1.29, 1.82) is 0 Å². The largest absolute Gasteiger partial charge is 0.477 e. The summed E-state index contributed by atoms with van der Waals surface area (Å²) < 4.78 is 0.817. The normalized spacial score (nSPS) is 10.3. The van der Waals surface area contributed by atoms with Crippen LogP contribution in [-0.4, -0.2) is 26.0 Å². The number of aromatic nitrogens is 3. The van der Waals surface area contributed by atoms with Gasteiger partial charge < -0.3 is 5.11 Å². The number of carboxylic acids is 1. The Balaban J connectivity index is 2.35. The van der Waals surface area contributed by atoms with E-state index < -0.39 is 5.97 Å². The number of aromatic carboxylic acids is 1. The SMILES string of the molecule is Cc1cc(C(=O)O)nc(Sc2ncccc2Br)n1. The molecule has 0 aliphatic rings. The molecule has 92 valence electrons. The molecule has 7 heteroatoms. The number of hydrogen-bond donors (Lipinski definition) is 1. The quantitative estimate of drug-likeness (QED) is 0.874. The zero-order valence-electron chi connectivity index (χ0n) is 9.29. The van der Waals surface area contributed by atoms with Crippen molar-refractivity contribution >= 4 is 33.7 Å². The van der Waals surface area contributed by atoms with Crippen molar-refractivity contribution in [2.24, 2.45) is 0 Å². The third kappa shape index (κ3) is 3.05. The summed E-state index contributed by atoms with van der Waals surface area (Å²) in [5.41, 5.74) is 0.592. The zero-order valence-corrected chi connectivity index (χ0v) is 11.7. The molecule has 0 fully saturated rings. The topological polar surface area (TPSA) is 76.0 Å². The molecule has 0 atom stereocenters. The van der Waals surface area contributed by atoms with E-state index in [2.05, 4.69) is 30.9 Å². The Morgan fingerprint density at radius 3 is 2.89 bits per heavy atom. The molecule has 0 aliphatic carbocycles. The molecule has 0 amide bonds. The Hall–Kier alpha value is -1.47. The van der Waals surface area contributed by atoms with Gasteiger partial charge in [-0.05, 0) is 52.8 Å². The smallest absolute Gasteiger partial charge is 0.354 e. The fraction of sp³-hybridized carbons (Fsp3) is 0.0909. The van der Waals surface area contributed by atoms with Gasteiger partial charge in [0.25, 0.3) is 0 Å². The second kappa shape index (κ2) is 5.45. The van der Waals surface area contributed by atoms with Crippen LogP contribution in [0.3, 0.4) is 0 Å². The number of hydrogen-bond acceptors (Lipinski definition) is 5. The van der Waals surface area contributed by atoms with Crippen molar-refractivity contribution in [3.63, 3.8) is 0 Å². The van der Waals surface area contributed by atoms with Gasteiger partial charge in [0.2, 0.25) is 0 Å². The molecule has 0 saturated heterocycles. The van der Waals surface area contributed by atoms with E-state index in [0.717, 1.165) is 4.47 Å². The molecule has 2 heterocycles. The lowest BCUT2D eigenvalue weighted by Gasteiger charge is -2.03. The van der Waals surface area contributed by atoms with E-state index in [1.165, 1.54) is 17.8 Å². The summed E-state index contributed by atoms with van der Waals surface area (Å²) >= 11 is 4.58. The minimum Gasteiger partial charge on any atom is -0.477 e. The maximum absolute atomic E-state index is 10.9. The Morgan fingerprint density at radius 2 is 2.22 bits per heavy atom. The monoisotopic (exact) mass is 325 g/mol. The van der Waals surface area contributed by atoms with Gasteiger partial charge in [-0.15, -0.1) is 0 Å². The summed E-state index contributed by atoms with van der Waals surface area (Å²) in [6.07, 6.45) is 1.65. The molecule has 0 aromatic carbocycles. The molecule has 2 rings (SSSR count). The molecule has 0 unspecified atom stereocenters. The molecule has 0 radical (unpaired) electrons. The van der Waals surface area contributed by atoms with E-state index >= 15 is 0 Å². The van der Waals surface area contributed by atoms with Crippen molar-refractivity contribution in [3.05, 3.63) is 40.3 Å². The van der Waals surface area contributed by atoms with Crippen LogP contribution in [-0.2, 0) is 0 Å². The van der Waals surface area contributed by atoms with E-state index in [-0.39, 0.29) is 5.69 Å². The molecule has 2 aromatic rings. The molecule has 0 aliphatic heterocycles. The maximum Gasteiger partial charge on any atom is 0.354 e. The lowest BCUT2D eigenvalue weighted by molar-refractivity contribution is 0.0689. The Kier molecular flexibility index (Phi) is 3.93. The van der Waals surface area contributed by atoms with Crippen LogP contribution in [0.15, 0.2) is 39.1 Å². The van der Waals surface area contributed by atoms with E-state index in [9.17, 15) is 4.79 Å². The van der Waals surface area contributed by atoms with E-state index in [1.54, 1.807) is 19.2 Å². The van der Waals surface area contributed by atoms with Crippen LogP contribution in [0.5, 0.6) is 0 Å². The van der Waals surface area contributed by atoms with Gasteiger partial charge in [-0.2, -0.15) is 0 Å². The van der Waals surface area contributed by atoms with Crippen molar-refractivity contribution in [2.75, 3.05) is 0 Å². The van der Waals surface area contributed by atoms with Gasteiger partial charge in [0.05, 0.1) is 4.47 Å². The standard InChI is InChI=1S/C11H8BrN3O2S/c1-6-5-8(10(16)17)15-11(14-6)18-9-7(12)3-2-4-13-9/h2-5H,1H3,(H,16,17). The fourth-order valence-electron chi connectivity index (χ4n) is 1.23. The van der Waals surface area contributed by atoms with Crippen molar-refractivity contribution < 1.29 is 9.90 Å². The summed E-state index contributed by atoms with van der Waals surface area (Å²) in [7, 11) is 0. The number of carbonyl (C=O) groups is 1. The lowest BCUT2D eigenvalue weighted by Crippen LogP contribution is -2.03. The first kappa shape index (κ1) is 13.0. The van der Waals surface area contributed by atoms with Crippen LogP contribution < -0.4 is 0 Å². The Morgan fingerprint density at radius 1 is 1.44 bits per heavy atom. The first-order valence-corrected chi connectivity index (χ1v) is 6.54. The summed E-state index contributed by atoms with van der Waals surface area (Å²) in [6.45, 7) is 1.73. The van der Waals surface area contributed by atoms with Gasteiger partial charge in [0.15, 0.2) is 10.9 Å². The van der Waals surface area contributed by atoms with Crippen molar-refractivity contribution in [2.45, 2.75) is 17.1 Å². The summed E-state index contributed by atoms with van der Waals surface area (Å²) in [4.78, 5) is 23.2. The molecular formula is C11H8BrN3O2S. The van der Waals surface area contributed by atoms with Gasteiger partial charge >= 0.3 is 5.97 Å². The first-order chi connectivity index (χ1) is 8.56. The summed E-state index contributed by atoms with van der Waals surface area (Å²) in [6, 6.07) is 5.08. The molecule has 18 heavy (non-hydrogen) atoms. The number of aryl methyl sites for hydroxylation is 1. The van der Waals surface area contributed by atoms with Gasteiger partial charge in [-0.25, -0.2) is 19.7 Å². The van der Waals surface area contributed by atoms with Crippen LogP contribution in [0, 0.1) is 6.92 Å². The average Bonchev–Trinajstić information content (AvgIpc) is 2.31. The second-order valence-corrected chi connectivity index (χ2v) is 5.19. The number of nitrogens with zero attached hydrogens (tertiary/aromatic N) is 3. The minimum atomic E-state index is -1.07. The highest BCUT2D eigenvalue weighted by Crippen LogP contribution is 2.29. The zero-order chi connectivity index (χ0) is 13.1. The van der Waals surface area contributed by atoms with Gasteiger partial charge in [0, 0.05) is 11.9 Å². The molecule has 0 bridgehead atoms. The van der Waals surface area contributed by atoms with Gasteiger partial charge in [0.1, 0.15) is 5.03 Å². The van der Waals surface area contributed by atoms with E-state index in [0.29, 0.717) is 15.9 Å². The predicted molar refractivity (Wildman–Crippen MR) is 69.8 cm³/mol. The highest BCUT2D eigenvalue weighted by Gasteiger charge is 2.11. The maximum atomic E-state index is 10.9. The van der Waals surface area contributed by atoms with Crippen molar-refractivity contribution in [3.8, 4) is 0 Å². The average molecular weight is 326 g/mol. The number of rotatable bonds is 3. The Bertz CT molecular complexity index is 607. The molecular weight excluding hydrogens is 318 g/mol. The summed E-state index contributed by atoms with van der Waals surface area (Å²) in [5.74, 6) is -1.07. The van der Waals surface area contributed by atoms with Crippen LogP contribution in [0.2, 0.25) is 0 Å². The van der Waals surface area contributed by atoms with Crippen LogP contribution in [0.4, 0.5) is 0 Å². The van der Waals surface area contributed by atoms with E-state index in [1.807, 2.05) is 6.07 Å². The van der Waals surface area contributed by atoms with Crippen LogP contribution in [0.25, 0.3) is 0 Å². The second-order valence-electron chi connectivity index (χ2n) is 3.37. The third-order valence-electron chi connectivity index (χ3n) is 1.97. The van der Waals surface area contributed by atoms with Gasteiger partial charge in [-0.1, -0.05) is 0 Å². The molecule has 0 spiro atoms. The highest BCUT2D eigenvalue weighted by molar-refractivity contribution is 9.10. The molecule has 1 N–H and O–H groups in total. The number of halogens is 1. The van der Waals surface area contributed by atoms with Gasteiger partial charge in [-0.3, -0.25) is 0 Å².